The lowest BCUT2D eigenvalue weighted by atomic mass is 10.1. The summed E-state index contributed by atoms with van der Waals surface area (Å²) in [7, 11) is 1.95. The predicted octanol–water partition coefficient (Wildman–Crippen LogP) is 1.81. The summed E-state index contributed by atoms with van der Waals surface area (Å²) in [5.41, 5.74) is 1.44. The molecule has 20 heavy (non-hydrogen) atoms. The van der Waals surface area contributed by atoms with Crippen molar-refractivity contribution in [1.82, 2.24) is 20.4 Å². The Morgan fingerprint density at radius 3 is 3.05 bits per heavy atom. The summed E-state index contributed by atoms with van der Waals surface area (Å²) < 4.78 is 0. The number of carbonyl (C=O) groups excluding carboxylic acids is 1. The van der Waals surface area contributed by atoms with Crippen LogP contribution < -0.4 is 5.32 Å². The van der Waals surface area contributed by atoms with Crippen LogP contribution in [0.15, 0.2) is 24.3 Å². The summed E-state index contributed by atoms with van der Waals surface area (Å²) in [6.07, 6.45) is 2.17. The SMILES string of the molecule is CNC1CCCN(C(=O)c2n[nH]c3ccccc23)C1.Cl. The number of amides is 1. The number of hydrogen-bond donors (Lipinski definition) is 2. The Morgan fingerprint density at radius 1 is 1.45 bits per heavy atom. The molecule has 2 aromatic rings. The number of rotatable bonds is 2. The molecule has 108 valence electrons. The maximum Gasteiger partial charge on any atom is 0.275 e. The lowest BCUT2D eigenvalue weighted by Gasteiger charge is -2.32. The van der Waals surface area contributed by atoms with E-state index in [1.807, 2.05) is 36.2 Å². The third-order valence-electron chi connectivity index (χ3n) is 3.79. The summed E-state index contributed by atoms with van der Waals surface area (Å²) in [6, 6.07) is 8.13. The van der Waals surface area contributed by atoms with Gasteiger partial charge in [-0.3, -0.25) is 9.89 Å². The molecule has 1 aromatic heterocycles. The third kappa shape index (κ3) is 2.64. The second kappa shape index (κ2) is 6.24. The first kappa shape index (κ1) is 14.8. The van der Waals surface area contributed by atoms with Crippen LogP contribution in [0.3, 0.4) is 0 Å². The van der Waals surface area contributed by atoms with Crippen molar-refractivity contribution in [3.8, 4) is 0 Å². The number of piperidine rings is 1. The Balaban J connectivity index is 0.00000147. The van der Waals surface area contributed by atoms with E-state index in [0.717, 1.165) is 36.8 Å². The maximum atomic E-state index is 12.6. The standard InChI is InChI=1S/C14H18N4O.ClH/c1-15-10-5-4-8-18(9-10)14(19)13-11-6-2-3-7-12(11)16-17-13;/h2-3,6-7,10,15H,4-5,8-9H2,1H3,(H,16,17);1H. The number of fused-ring (bicyclic) bond motifs is 1. The Bertz CT molecular complexity index is 598. The van der Waals surface area contributed by atoms with E-state index in [9.17, 15) is 4.79 Å². The first-order valence-corrected chi connectivity index (χ1v) is 6.69. The highest BCUT2D eigenvalue weighted by molar-refractivity contribution is 6.04. The number of hydrogen-bond acceptors (Lipinski definition) is 3. The molecule has 5 nitrogen and oxygen atoms in total. The molecule has 2 N–H and O–H groups in total. The highest BCUT2D eigenvalue weighted by Gasteiger charge is 2.26. The van der Waals surface area contributed by atoms with Crippen molar-refractivity contribution in [2.75, 3.05) is 20.1 Å². The summed E-state index contributed by atoms with van der Waals surface area (Å²) in [6.45, 7) is 1.58. The molecule has 0 bridgehead atoms. The summed E-state index contributed by atoms with van der Waals surface area (Å²) in [5.74, 6) is 0.0254. The lowest BCUT2D eigenvalue weighted by Crippen LogP contribution is -2.47. The Hall–Kier alpha value is -1.59. The Morgan fingerprint density at radius 2 is 2.25 bits per heavy atom. The van der Waals surface area contributed by atoms with Crippen LogP contribution in [0.5, 0.6) is 0 Å². The Labute approximate surface area is 124 Å². The van der Waals surface area contributed by atoms with E-state index < -0.39 is 0 Å². The van der Waals surface area contributed by atoms with Crippen molar-refractivity contribution in [3.05, 3.63) is 30.0 Å². The van der Waals surface area contributed by atoms with Gasteiger partial charge in [-0.05, 0) is 26.0 Å². The average molecular weight is 295 g/mol. The largest absolute Gasteiger partial charge is 0.336 e. The predicted molar refractivity (Wildman–Crippen MR) is 81.3 cm³/mol. The number of likely N-dealkylation sites (tertiary alicyclic amines) is 1. The van der Waals surface area contributed by atoms with Gasteiger partial charge in [0.1, 0.15) is 0 Å². The minimum absolute atomic E-state index is 0. The van der Waals surface area contributed by atoms with Crippen LogP contribution in [0.25, 0.3) is 10.9 Å². The van der Waals surface area contributed by atoms with Gasteiger partial charge < -0.3 is 10.2 Å². The highest BCUT2D eigenvalue weighted by Crippen LogP contribution is 2.19. The van der Waals surface area contributed by atoms with E-state index in [1.54, 1.807) is 0 Å². The average Bonchev–Trinajstić information content (AvgIpc) is 2.90. The number of likely N-dealkylation sites (N-methyl/N-ethyl adjacent to an activating group) is 1. The molecule has 1 amide bonds. The van der Waals surface area contributed by atoms with Gasteiger partial charge in [0.15, 0.2) is 5.69 Å². The first-order valence-electron chi connectivity index (χ1n) is 6.69. The van der Waals surface area contributed by atoms with Gasteiger partial charge in [0, 0.05) is 24.5 Å². The summed E-state index contributed by atoms with van der Waals surface area (Å²) in [5, 5.41) is 11.3. The van der Waals surface area contributed by atoms with E-state index in [4.69, 9.17) is 0 Å². The van der Waals surface area contributed by atoms with E-state index >= 15 is 0 Å². The fourth-order valence-corrected chi connectivity index (χ4v) is 2.67. The smallest absolute Gasteiger partial charge is 0.275 e. The number of carbonyl (C=O) groups is 1. The summed E-state index contributed by atoms with van der Waals surface area (Å²) in [4.78, 5) is 14.4. The molecule has 1 saturated heterocycles. The fraction of sp³-hybridized carbons (Fsp3) is 0.429. The number of benzene rings is 1. The van der Waals surface area contributed by atoms with Gasteiger partial charge in [-0.1, -0.05) is 18.2 Å². The van der Waals surface area contributed by atoms with Crippen molar-refractivity contribution >= 4 is 29.2 Å². The molecule has 0 radical (unpaired) electrons. The molecular weight excluding hydrogens is 276 g/mol. The van der Waals surface area contributed by atoms with Crippen LogP contribution >= 0.6 is 12.4 Å². The van der Waals surface area contributed by atoms with E-state index in [2.05, 4.69) is 15.5 Å². The van der Waals surface area contributed by atoms with Crippen molar-refractivity contribution in [2.45, 2.75) is 18.9 Å². The molecule has 3 rings (SSSR count). The van der Waals surface area contributed by atoms with Gasteiger partial charge in [0.25, 0.3) is 5.91 Å². The van der Waals surface area contributed by atoms with Crippen LogP contribution in [0.1, 0.15) is 23.3 Å². The lowest BCUT2D eigenvalue weighted by molar-refractivity contribution is 0.0694. The van der Waals surface area contributed by atoms with Crippen molar-refractivity contribution in [2.24, 2.45) is 0 Å². The topological polar surface area (TPSA) is 61.0 Å². The molecule has 0 spiro atoms. The Kier molecular flexibility index (Phi) is 4.62. The zero-order valence-corrected chi connectivity index (χ0v) is 12.2. The first-order chi connectivity index (χ1) is 9.29. The quantitative estimate of drug-likeness (QED) is 0.888. The number of aromatic amines is 1. The fourth-order valence-electron chi connectivity index (χ4n) is 2.67. The molecule has 6 heteroatoms. The van der Waals surface area contributed by atoms with Crippen molar-refractivity contribution < 1.29 is 4.79 Å². The van der Waals surface area contributed by atoms with Gasteiger partial charge >= 0.3 is 0 Å². The number of para-hydroxylation sites is 1. The van der Waals surface area contributed by atoms with Crippen LogP contribution in [-0.4, -0.2) is 47.2 Å². The zero-order chi connectivity index (χ0) is 13.2. The van der Waals surface area contributed by atoms with Crippen LogP contribution in [0, 0.1) is 0 Å². The molecule has 0 aliphatic carbocycles. The van der Waals surface area contributed by atoms with Gasteiger partial charge in [-0.15, -0.1) is 12.4 Å². The normalized spacial score (nSPS) is 18.9. The molecule has 1 unspecified atom stereocenters. The number of aromatic nitrogens is 2. The number of nitrogens with zero attached hydrogens (tertiary/aromatic N) is 2. The van der Waals surface area contributed by atoms with Gasteiger partial charge in [-0.25, -0.2) is 0 Å². The number of halogens is 1. The number of H-pyrrole nitrogens is 1. The third-order valence-corrected chi connectivity index (χ3v) is 3.79. The second-order valence-corrected chi connectivity index (χ2v) is 5.00. The van der Waals surface area contributed by atoms with Crippen LogP contribution in [-0.2, 0) is 0 Å². The van der Waals surface area contributed by atoms with Crippen molar-refractivity contribution in [3.63, 3.8) is 0 Å². The molecule has 1 aliphatic rings. The molecule has 1 atom stereocenters. The van der Waals surface area contributed by atoms with Crippen LogP contribution in [0.4, 0.5) is 0 Å². The van der Waals surface area contributed by atoms with E-state index in [-0.39, 0.29) is 18.3 Å². The molecule has 1 aliphatic heterocycles. The van der Waals surface area contributed by atoms with Crippen LogP contribution in [0.2, 0.25) is 0 Å². The van der Waals surface area contributed by atoms with E-state index in [0.29, 0.717) is 11.7 Å². The minimum atomic E-state index is 0. The molecular formula is C14H19ClN4O. The highest BCUT2D eigenvalue weighted by atomic mass is 35.5. The molecule has 1 fully saturated rings. The molecule has 0 saturated carbocycles. The minimum Gasteiger partial charge on any atom is -0.336 e. The second-order valence-electron chi connectivity index (χ2n) is 5.00. The van der Waals surface area contributed by atoms with Gasteiger partial charge in [-0.2, -0.15) is 5.10 Å². The zero-order valence-electron chi connectivity index (χ0n) is 11.4. The molecule has 1 aromatic carbocycles. The number of nitrogens with one attached hydrogen (secondary N) is 2. The maximum absolute atomic E-state index is 12.6. The van der Waals surface area contributed by atoms with Gasteiger partial charge in [0.05, 0.1) is 5.52 Å². The summed E-state index contributed by atoms with van der Waals surface area (Å²) >= 11 is 0. The monoisotopic (exact) mass is 294 g/mol. The van der Waals surface area contributed by atoms with Crippen molar-refractivity contribution in [1.29, 1.82) is 0 Å². The van der Waals surface area contributed by atoms with E-state index in [1.165, 1.54) is 0 Å². The molecule has 2 heterocycles. The van der Waals surface area contributed by atoms with Gasteiger partial charge in [0.2, 0.25) is 0 Å².